The lowest BCUT2D eigenvalue weighted by Crippen LogP contribution is -1.98. The Bertz CT molecular complexity index is 764. The molecule has 0 unspecified atom stereocenters. The van der Waals surface area contributed by atoms with Crippen molar-refractivity contribution in [2.75, 3.05) is 28.4 Å². The summed E-state index contributed by atoms with van der Waals surface area (Å²) >= 11 is 0. The fourth-order valence-corrected chi connectivity index (χ4v) is 2.81. The first-order valence-electron chi connectivity index (χ1n) is 7.82. The maximum atomic E-state index is 10.1. The van der Waals surface area contributed by atoms with E-state index in [9.17, 15) is 5.11 Å². The van der Waals surface area contributed by atoms with Gasteiger partial charge in [-0.15, -0.1) is 0 Å². The highest BCUT2D eigenvalue weighted by Gasteiger charge is 2.17. The first kappa shape index (κ1) is 18.5. The molecule has 5 heteroatoms. The van der Waals surface area contributed by atoms with E-state index in [-0.39, 0.29) is 5.75 Å². The zero-order chi connectivity index (χ0) is 18.6. The fraction of sp³-hybridized carbons (Fsp3) is 0.300. The minimum absolute atomic E-state index is 0.0891. The van der Waals surface area contributed by atoms with Crippen LogP contribution in [0.2, 0.25) is 0 Å². The lowest BCUT2D eigenvalue weighted by Gasteiger charge is -2.17. The highest BCUT2D eigenvalue weighted by molar-refractivity contribution is 5.84. The van der Waals surface area contributed by atoms with Gasteiger partial charge in [0.05, 0.1) is 28.4 Å². The second-order valence-electron chi connectivity index (χ2n) is 5.68. The van der Waals surface area contributed by atoms with Crippen molar-refractivity contribution in [2.24, 2.45) is 0 Å². The minimum Gasteiger partial charge on any atom is -0.504 e. The topological polar surface area (TPSA) is 57.2 Å². The molecule has 1 N–H and O–H groups in total. The van der Waals surface area contributed by atoms with Crippen LogP contribution in [-0.2, 0) is 0 Å². The highest BCUT2D eigenvalue weighted by Crippen LogP contribution is 2.42. The van der Waals surface area contributed by atoms with Crippen LogP contribution in [0.25, 0.3) is 5.57 Å². The van der Waals surface area contributed by atoms with Gasteiger partial charge in [0.2, 0.25) is 5.75 Å². The Morgan fingerprint density at radius 3 is 1.68 bits per heavy atom. The van der Waals surface area contributed by atoms with Gasteiger partial charge >= 0.3 is 0 Å². The molecule has 134 valence electrons. The maximum Gasteiger partial charge on any atom is 0.203 e. The molecule has 0 fully saturated rings. The molecule has 2 rings (SSSR count). The summed E-state index contributed by atoms with van der Waals surface area (Å²) in [5.41, 5.74) is 3.82. The predicted octanol–water partition coefficient (Wildman–Crippen LogP) is 4.27. The number of hydrogen-bond acceptors (Lipinski definition) is 5. The zero-order valence-corrected chi connectivity index (χ0v) is 15.5. The molecular formula is C20H24O5. The number of phenolic OH excluding ortho intramolecular Hbond substituents is 1. The summed E-state index contributed by atoms with van der Waals surface area (Å²) in [5, 5.41) is 10.1. The number of phenols is 1. The van der Waals surface area contributed by atoms with Crippen molar-refractivity contribution >= 4 is 5.57 Å². The van der Waals surface area contributed by atoms with Crippen molar-refractivity contribution in [2.45, 2.75) is 13.8 Å². The summed E-state index contributed by atoms with van der Waals surface area (Å²) in [5.74, 6) is 2.22. The van der Waals surface area contributed by atoms with Crippen LogP contribution in [0.3, 0.4) is 0 Å². The number of methoxy groups -OCH3 is 4. The van der Waals surface area contributed by atoms with Crippen molar-refractivity contribution in [3.8, 4) is 28.7 Å². The van der Waals surface area contributed by atoms with Crippen LogP contribution in [0.5, 0.6) is 28.7 Å². The maximum absolute atomic E-state index is 10.1. The third-order valence-corrected chi connectivity index (χ3v) is 3.92. The molecule has 0 aliphatic heterocycles. The van der Waals surface area contributed by atoms with Crippen molar-refractivity contribution in [3.63, 3.8) is 0 Å². The summed E-state index contributed by atoms with van der Waals surface area (Å²) in [7, 11) is 6.27. The van der Waals surface area contributed by atoms with Gasteiger partial charge in [-0.05, 0) is 54.8 Å². The molecule has 25 heavy (non-hydrogen) atoms. The quantitative estimate of drug-likeness (QED) is 0.848. The largest absolute Gasteiger partial charge is 0.504 e. The van der Waals surface area contributed by atoms with E-state index in [0.717, 1.165) is 22.3 Å². The molecule has 0 amide bonds. The van der Waals surface area contributed by atoms with E-state index in [1.54, 1.807) is 33.5 Å². The molecule has 0 aliphatic carbocycles. The molecule has 0 saturated heterocycles. The van der Waals surface area contributed by atoms with Crippen LogP contribution in [0.4, 0.5) is 0 Å². The Hall–Kier alpha value is -2.82. The van der Waals surface area contributed by atoms with Crippen molar-refractivity contribution in [1.82, 2.24) is 0 Å². The molecule has 5 nitrogen and oxygen atoms in total. The summed E-state index contributed by atoms with van der Waals surface area (Å²) < 4.78 is 21.4. The number of hydrogen-bond donors (Lipinski definition) is 1. The monoisotopic (exact) mass is 344 g/mol. The molecule has 0 atom stereocenters. The molecule has 2 aromatic rings. The van der Waals surface area contributed by atoms with E-state index in [1.807, 2.05) is 32.0 Å². The van der Waals surface area contributed by atoms with Crippen LogP contribution in [0, 0.1) is 0 Å². The molecule has 0 bridgehead atoms. The SMILES string of the molecule is COc1ccc(C(=C(C)C)c2cc(OC)c(OC)c(OC)c2)cc1O. The second kappa shape index (κ2) is 7.83. The summed E-state index contributed by atoms with van der Waals surface area (Å²) in [4.78, 5) is 0. The van der Waals surface area contributed by atoms with Gasteiger partial charge in [-0.2, -0.15) is 0 Å². The van der Waals surface area contributed by atoms with Crippen molar-refractivity contribution in [3.05, 3.63) is 47.0 Å². The van der Waals surface area contributed by atoms with Gasteiger partial charge in [-0.1, -0.05) is 11.6 Å². The molecule has 0 aromatic heterocycles. The lowest BCUT2D eigenvalue weighted by molar-refractivity contribution is 0.324. The summed E-state index contributed by atoms with van der Waals surface area (Å²) in [6.45, 7) is 4.03. The van der Waals surface area contributed by atoms with Gasteiger partial charge in [0.15, 0.2) is 23.0 Å². The van der Waals surface area contributed by atoms with Gasteiger partial charge in [-0.3, -0.25) is 0 Å². The minimum atomic E-state index is 0.0891. The summed E-state index contributed by atoms with van der Waals surface area (Å²) in [6.07, 6.45) is 0. The molecule has 0 heterocycles. The normalized spacial score (nSPS) is 10.2. The third-order valence-electron chi connectivity index (χ3n) is 3.92. The Balaban J connectivity index is 2.67. The van der Waals surface area contributed by atoms with E-state index in [4.69, 9.17) is 18.9 Å². The first-order valence-corrected chi connectivity index (χ1v) is 7.82. The van der Waals surface area contributed by atoms with Crippen LogP contribution in [0.1, 0.15) is 25.0 Å². The predicted molar refractivity (Wildman–Crippen MR) is 98.1 cm³/mol. The average Bonchev–Trinajstić information content (AvgIpc) is 2.60. The highest BCUT2D eigenvalue weighted by atomic mass is 16.5. The fourth-order valence-electron chi connectivity index (χ4n) is 2.81. The Labute approximate surface area is 148 Å². The molecule has 0 aliphatic rings. The van der Waals surface area contributed by atoms with E-state index < -0.39 is 0 Å². The van der Waals surface area contributed by atoms with Gasteiger partial charge in [0.1, 0.15) is 0 Å². The van der Waals surface area contributed by atoms with Gasteiger partial charge in [0.25, 0.3) is 0 Å². The van der Waals surface area contributed by atoms with Crippen LogP contribution < -0.4 is 18.9 Å². The average molecular weight is 344 g/mol. The van der Waals surface area contributed by atoms with E-state index in [0.29, 0.717) is 23.0 Å². The smallest absolute Gasteiger partial charge is 0.203 e. The van der Waals surface area contributed by atoms with E-state index >= 15 is 0 Å². The third kappa shape index (κ3) is 3.65. The standard InChI is InChI=1S/C20H24O5/c1-12(2)19(13-7-8-16(22-3)15(21)9-13)14-10-17(23-4)20(25-6)18(11-14)24-5/h7-11,21H,1-6H3. The Morgan fingerprint density at radius 1 is 0.720 bits per heavy atom. The van der Waals surface area contributed by atoms with E-state index in [1.165, 1.54) is 7.11 Å². The number of allylic oxidation sites excluding steroid dienone is 1. The number of ether oxygens (including phenoxy) is 4. The number of benzene rings is 2. The van der Waals surface area contributed by atoms with Gasteiger partial charge in [-0.25, -0.2) is 0 Å². The molecular weight excluding hydrogens is 320 g/mol. The molecule has 0 saturated carbocycles. The second-order valence-corrected chi connectivity index (χ2v) is 5.68. The molecule has 0 radical (unpaired) electrons. The number of rotatable bonds is 6. The Morgan fingerprint density at radius 2 is 1.28 bits per heavy atom. The molecule has 2 aromatic carbocycles. The van der Waals surface area contributed by atoms with Crippen LogP contribution >= 0.6 is 0 Å². The van der Waals surface area contributed by atoms with Crippen LogP contribution in [0.15, 0.2) is 35.9 Å². The summed E-state index contributed by atoms with van der Waals surface area (Å²) in [6, 6.07) is 9.12. The van der Waals surface area contributed by atoms with Crippen molar-refractivity contribution in [1.29, 1.82) is 0 Å². The first-order chi connectivity index (χ1) is 12.0. The van der Waals surface area contributed by atoms with Crippen molar-refractivity contribution < 1.29 is 24.1 Å². The Kier molecular flexibility index (Phi) is 5.80. The van der Waals surface area contributed by atoms with E-state index in [2.05, 4.69) is 0 Å². The molecule has 0 spiro atoms. The number of aromatic hydroxyl groups is 1. The van der Waals surface area contributed by atoms with Crippen LogP contribution in [-0.4, -0.2) is 33.5 Å². The zero-order valence-electron chi connectivity index (χ0n) is 15.5. The van der Waals surface area contributed by atoms with Gasteiger partial charge < -0.3 is 24.1 Å². The van der Waals surface area contributed by atoms with Gasteiger partial charge in [0, 0.05) is 0 Å². The lowest BCUT2D eigenvalue weighted by atomic mass is 9.93.